The smallest absolute Gasteiger partial charge is 0.262 e. The van der Waals surface area contributed by atoms with Gasteiger partial charge in [-0.25, -0.2) is 5.06 Å². The third kappa shape index (κ3) is 3.70. The summed E-state index contributed by atoms with van der Waals surface area (Å²) >= 11 is 0. The van der Waals surface area contributed by atoms with E-state index in [1.165, 1.54) is 4.90 Å². The highest BCUT2D eigenvalue weighted by Gasteiger charge is 2.59. The third-order valence-corrected chi connectivity index (χ3v) is 6.03. The van der Waals surface area contributed by atoms with E-state index in [-0.39, 0.29) is 24.1 Å². The molecule has 2 saturated heterocycles. The van der Waals surface area contributed by atoms with E-state index in [2.05, 4.69) is 0 Å². The quantitative estimate of drug-likeness (QED) is 0.582. The van der Waals surface area contributed by atoms with E-state index in [0.29, 0.717) is 12.4 Å². The summed E-state index contributed by atoms with van der Waals surface area (Å²) in [4.78, 5) is 34.2. The van der Waals surface area contributed by atoms with Crippen molar-refractivity contribution in [1.29, 1.82) is 0 Å². The van der Waals surface area contributed by atoms with E-state index in [1.54, 1.807) is 23.3 Å². The van der Waals surface area contributed by atoms with E-state index in [1.807, 2.05) is 67.6 Å². The molecule has 168 valence electrons. The average molecular weight is 444 g/mol. The number of phenols is 1. The van der Waals surface area contributed by atoms with Crippen molar-refractivity contribution in [2.75, 3.05) is 11.7 Å². The lowest BCUT2D eigenvalue weighted by atomic mass is 9.90. The Morgan fingerprint density at radius 1 is 0.939 bits per heavy atom. The van der Waals surface area contributed by atoms with Crippen molar-refractivity contribution in [3.05, 3.63) is 90.0 Å². The lowest BCUT2D eigenvalue weighted by molar-refractivity contribution is -0.143. The molecule has 2 aliphatic rings. The van der Waals surface area contributed by atoms with Crippen molar-refractivity contribution < 1.29 is 24.3 Å². The van der Waals surface area contributed by atoms with Gasteiger partial charge in [0.25, 0.3) is 5.91 Å². The molecule has 33 heavy (non-hydrogen) atoms. The van der Waals surface area contributed by atoms with Gasteiger partial charge in [-0.15, -0.1) is 0 Å². The summed E-state index contributed by atoms with van der Waals surface area (Å²) in [7, 11) is 0. The van der Waals surface area contributed by atoms with Gasteiger partial charge in [-0.2, -0.15) is 0 Å². The normalized spacial score (nSPS) is 22.0. The molecule has 0 aromatic heterocycles. The molecule has 0 spiro atoms. The Labute approximate surface area is 191 Å². The largest absolute Gasteiger partial charge is 0.504 e. The van der Waals surface area contributed by atoms with Crippen molar-refractivity contribution in [2.24, 2.45) is 5.92 Å². The van der Waals surface area contributed by atoms with Gasteiger partial charge in [0.1, 0.15) is 5.92 Å². The van der Waals surface area contributed by atoms with Crippen LogP contribution in [0.4, 0.5) is 5.69 Å². The summed E-state index contributed by atoms with van der Waals surface area (Å²) in [6.07, 6.45) is -0.921. The van der Waals surface area contributed by atoms with Crippen LogP contribution in [0, 0.1) is 5.92 Å². The van der Waals surface area contributed by atoms with Gasteiger partial charge in [0.15, 0.2) is 17.6 Å². The number of hydrogen-bond acceptors (Lipinski definition) is 6. The van der Waals surface area contributed by atoms with Gasteiger partial charge in [-0.3, -0.25) is 19.3 Å². The van der Waals surface area contributed by atoms with Crippen molar-refractivity contribution in [1.82, 2.24) is 4.90 Å². The van der Waals surface area contributed by atoms with Crippen LogP contribution in [0.15, 0.2) is 78.9 Å². The maximum absolute atomic E-state index is 13.6. The third-order valence-electron chi connectivity index (χ3n) is 6.03. The Balaban J connectivity index is 1.54. The van der Waals surface area contributed by atoms with E-state index in [9.17, 15) is 14.7 Å². The number of hydrogen-bond donors (Lipinski definition) is 1. The number of para-hydroxylation sites is 1. The number of carbonyl (C=O) groups excluding carboxylic acids is 2. The summed E-state index contributed by atoms with van der Waals surface area (Å²) in [6.45, 7) is 2.42. The fourth-order valence-corrected chi connectivity index (χ4v) is 4.52. The molecule has 0 radical (unpaired) electrons. The highest BCUT2D eigenvalue weighted by atomic mass is 16.7. The molecule has 2 amide bonds. The van der Waals surface area contributed by atoms with Crippen LogP contribution in [0.1, 0.15) is 24.1 Å². The number of rotatable bonds is 6. The fourth-order valence-electron chi connectivity index (χ4n) is 4.52. The predicted molar refractivity (Wildman–Crippen MR) is 121 cm³/mol. The second-order valence-corrected chi connectivity index (χ2v) is 8.07. The first-order valence-electron chi connectivity index (χ1n) is 10.9. The summed E-state index contributed by atoms with van der Waals surface area (Å²) in [5.74, 6) is -1.00. The molecule has 0 unspecified atom stereocenters. The SMILES string of the molecule is CCOc1cc([C@H]2[C@@H]3C(=O)N(Cc4ccccc4)C(=O)[C@H]3ON2c2ccccc2)ccc1O. The van der Waals surface area contributed by atoms with Gasteiger partial charge in [0, 0.05) is 0 Å². The summed E-state index contributed by atoms with van der Waals surface area (Å²) in [5, 5.41) is 11.8. The monoisotopic (exact) mass is 444 g/mol. The summed E-state index contributed by atoms with van der Waals surface area (Å²) < 4.78 is 5.57. The number of carbonyl (C=O) groups is 2. The number of aromatic hydroxyl groups is 1. The second-order valence-electron chi connectivity index (χ2n) is 8.07. The first kappa shape index (κ1) is 21.0. The summed E-state index contributed by atoms with van der Waals surface area (Å²) in [6, 6.07) is 23.2. The number of fused-ring (bicyclic) bond motifs is 1. The Bertz CT molecular complexity index is 1170. The topological polar surface area (TPSA) is 79.3 Å². The highest BCUT2D eigenvalue weighted by molar-refractivity contribution is 6.07. The molecule has 3 aromatic carbocycles. The van der Waals surface area contributed by atoms with Crippen LogP contribution in [-0.4, -0.2) is 34.5 Å². The maximum Gasteiger partial charge on any atom is 0.262 e. The minimum absolute atomic E-state index is 0.0156. The maximum atomic E-state index is 13.6. The van der Waals surface area contributed by atoms with Crippen LogP contribution in [-0.2, 0) is 21.0 Å². The lowest BCUT2D eigenvalue weighted by Crippen LogP contribution is -2.36. The van der Waals surface area contributed by atoms with Gasteiger partial charge in [0.2, 0.25) is 5.91 Å². The zero-order valence-corrected chi connectivity index (χ0v) is 18.1. The van der Waals surface area contributed by atoms with Crippen molar-refractivity contribution in [2.45, 2.75) is 25.6 Å². The molecular formula is C26H24N2O5. The van der Waals surface area contributed by atoms with E-state index < -0.39 is 18.1 Å². The number of ether oxygens (including phenoxy) is 1. The summed E-state index contributed by atoms with van der Waals surface area (Å²) in [5.41, 5.74) is 2.33. The molecule has 2 heterocycles. The minimum atomic E-state index is -0.921. The molecule has 3 atom stereocenters. The van der Waals surface area contributed by atoms with Gasteiger partial charge in [-0.1, -0.05) is 54.6 Å². The molecule has 0 bridgehead atoms. The van der Waals surface area contributed by atoms with Gasteiger partial charge in [0.05, 0.1) is 24.9 Å². The van der Waals surface area contributed by atoms with Crippen molar-refractivity contribution in [3.8, 4) is 11.5 Å². The molecule has 2 aliphatic heterocycles. The minimum Gasteiger partial charge on any atom is -0.504 e. The number of imide groups is 1. The number of benzene rings is 3. The molecule has 0 aliphatic carbocycles. The first-order chi connectivity index (χ1) is 16.1. The lowest BCUT2D eigenvalue weighted by Gasteiger charge is -2.29. The predicted octanol–water partition coefficient (Wildman–Crippen LogP) is 3.84. The number of anilines is 1. The van der Waals surface area contributed by atoms with Gasteiger partial charge in [-0.05, 0) is 42.3 Å². The molecule has 2 fully saturated rings. The zero-order valence-electron chi connectivity index (χ0n) is 18.1. The van der Waals surface area contributed by atoms with Crippen molar-refractivity contribution in [3.63, 3.8) is 0 Å². The van der Waals surface area contributed by atoms with Crippen molar-refractivity contribution >= 4 is 17.5 Å². The number of nitrogens with zero attached hydrogens (tertiary/aromatic N) is 2. The number of hydroxylamine groups is 1. The molecular weight excluding hydrogens is 420 g/mol. The van der Waals surface area contributed by atoms with Crippen LogP contribution in [0.25, 0.3) is 0 Å². The Morgan fingerprint density at radius 2 is 1.64 bits per heavy atom. The molecule has 0 saturated carbocycles. The number of amides is 2. The van der Waals surface area contributed by atoms with Crippen LogP contribution in [0.2, 0.25) is 0 Å². The van der Waals surface area contributed by atoms with Crippen LogP contribution < -0.4 is 9.80 Å². The van der Waals surface area contributed by atoms with Crippen LogP contribution >= 0.6 is 0 Å². The number of phenolic OH excluding ortho intramolecular Hbond substituents is 1. The van der Waals surface area contributed by atoms with E-state index in [0.717, 1.165) is 16.8 Å². The molecule has 3 aromatic rings. The fraction of sp³-hybridized carbons (Fsp3) is 0.231. The highest BCUT2D eigenvalue weighted by Crippen LogP contribution is 2.48. The first-order valence-corrected chi connectivity index (χ1v) is 10.9. The standard InChI is InChI=1S/C26H24N2O5/c1-2-32-21-15-18(13-14-20(21)29)23-22-24(33-28(23)19-11-7-4-8-12-19)26(31)27(25(22)30)16-17-9-5-3-6-10-17/h3-15,22-24,29H,2,16H2,1H3/t22-,23-,24-/m0/s1. The van der Waals surface area contributed by atoms with Crippen LogP contribution in [0.3, 0.4) is 0 Å². The Kier molecular flexibility index (Phi) is 5.48. The van der Waals surface area contributed by atoms with Gasteiger partial charge >= 0.3 is 0 Å². The molecule has 1 N–H and O–H groups in total. The van der Waals surface area contributed by atoms with E-state index >= 15 is 0 Å². The second kappa shape index (κ2) is 8.60. The Hall–Kier alpha value is -3.84. The average Bonchev–Trinajstić information content (AvgIpc) is 3.34. The molecule has 5 rings (SSSR count). The van der Waals surface area contributed by atoms with E-state index in [4.69, 9.17) is 9.57 Å². The molecule has 7 nitrogen and oxygen atoms in total. The van der Waals surface area contributed by atoms with Gasteiger partial charge < -0.3 is 9.84 Å². The zero-order chi connectivity index (χ0) is 22.9. The Morgan fingerprint density at radius 3 is 2.33 bits per heavy atom. The molecule has 7 heteroatoms. The van der Waals surface area contributed by atoms with Crippen LogP contribution in [0.5, 0.6) is 11.5 Å². The number of likely N-dealkylation sites (tertiary alicyclic amines) is 1.